The Morgan fingerprint density at radius 1 is 1.18 bits per heavy atom. The molecule has 0 bridgehead atoms. The number of carbonyl (C=O) groups is 1. The van der Waals surface area contributed by atoms with E-state index in [1.54, 1.807) is 31.3 Å². The second-order valence-corrected chi connectivity index (χ2v) is 7.94. The molecule has 0 aliphatic rings. The van der Waals surface area contributed by atoms with Gasteiger partial charge < -0.3 is 25.3 Å². The molecule has 4 N–H and O–H groups in total. The lowest BCUT2D eigenvalue weighted by molar-refractivity contribution is -0.139. The van der Waals surface area contributed by atoms with E-state index in [0.717, 1.165) is 5.56 Å². The van der Waals surface area contributed by atoms with Crippen molar-refractivity contribution >= 4 is 58.4 Å². The maximum absolute atomic E-state index is 11.3. The summed E-state index contributed by atoms with van der Waals surface area (Å²) in [4.78, 5) is 15.8. The molecule has 7 nitrogen and oxygen atoms in total. The fourth-order valence-electron chi connectivity index (χ4n) is 3.29. The highest BCUT2D eigenvalue weighted by Gasteiger charge is 2.20. The number of hydrogen-bond acceptors (Lipinski definition) is 6. The zero-order valence-electron chi connectivity index (χ0n) is 17.3. The Labute approximate surface area is 205 Å². The smallest absolute Gasteiger partial charge is 0.321 e. The highest BCUT2D eigenvalue weighted by molar-refractivity contribution is 6.37. The molecule has 1 atom stereocenters. The minimum Gasteiger partial charge on any atom is -0.480 e. The van der Waals surface area contributed by atoms with Crippen LogP contribution in [0.4, 0.5) is 5.69 Å². The Hall–Kier alpha value is -2.97. The van der Waals surface area contributed by atoms with Crippen LogP contribution in [-0.4, -0.2) is 29.1 Å². The van der Waals surface area contributed by atoms with Gasteiger partial charge >= 0.3 is 5.97 Å². The van der Waals surface area contributed by atoms with Crippen LogP contribution in [0.1, 0.15) is 5.56 Å². The van der Waals surface area contributed by atoms with E-state index in [1.165, 1.54) is 0 Å². The van der Waals surface area contributed by atoms with E-state index in [4.69, 9.17) is 38.1 Å². The minimum atomic E-state index is -0.971. The number of rotatable bonds is 7. The molecule has 0 unspecified atom stereocenters. The molecular formula is C23H20Cl3N3O4. The highest BCUT2D eigenvalue weighted by Crippen LogP contribution is 2.41. The number of nitrogen functional groups attached to an aromatic ring is 1. The third-order valence-electron chi connectivity index (χ3n) is 4.86. The molecule has 4 aromatic rings. The number of anilines is 1. The van der Waals surface area contributed by atoms with Crippen LogP contribution in [0.3, 0.4) is 0 Å². The molecular weight excluding hydrogens is 489 g/mol. The fraction of sp³-hybridized carbons (Fsp3) is 0.130. The number of aromatic nitrogens is 1. The molecule has 0 fully saturated rings. The first-order chi connectivity index (χ1) is 15.4. The second kappa shape index (κ2) is 10.3. The van der Waals surface area contributed by atoms with Gasteiger partial charge in [-0.2, -0.15) is 0 Å². The maximum atomic E-state index is 11.3. The monoisotopic (exact) mass is 507 g/mol. The third-order valence-corrected chi connectivity index (χ3v) is 5.42. The predicted octanol–water partition coefficient (Wildman–Crippen LogP) is 5.81. The number of carboxylic acid groups (broad SMARTS) is 1. The molecule has 172 valence electrons. The number of ether oxygens (including phenoxy) is 1. The maximum Gasteiger partial charge on any atom is 0.321 e. The zero-order chi connectivity index (χ0) is 22.8. The van der Waals surface area contributed by atoms with E-state index in [2.05, 4.69) is 10.3 Å². The Bertz CT molecular complexity index is 1270. The predicted molar refractivity (Wildman–Crippen MR) is 132 cm³/mol. The first kappa shape index (κ1) is 24.7. The van der Waals surface area contributed by atoms with Gasteiger partial charge in [0.25, 0.3) is 0 Å². The van der Waals surface area contributed by atoms with E-state index in [9.17, 15) is 9.90 Å². The van der Waals surface area contributed by atoms with Crippen molar-refractivity contribution < 1.29 is 19.1 Å². The van der Waals surface area contributed by atoms with Gasteiger partial charge in [-0.25, -0.2) is 4.98 Å². The summed E-state index contributed by atoms with van der Waals surface area (Å²) in [6.45, 7) is 0. The van der Waals surface area contributed by atoms with E-state index in [0.29, 0.717) is 34.0 Å². The number of halogens is 3. The summed E-state index contributed by atoms with van der Waals surface area (Å²) in [7, 11) is 1.58. The average molecular weight is 509 g/mol. The van der Waals surface area contributed by atoms with Crippen LogP contribution in [-0.2, 0) is 11.2 Å². The first-order valence-electron chi connectivity index (χ1n) is 9.67. The number of nitrogens with zero attached hydrogens (tertiary/aromatic N) is 1. The number of aliphatic carboxylic acids is 1. The van der Waals surface area contributed by atoms with Crippen molar-refractivity contribution in [3.05, 3.63) is 70.2 Å². The number of oxazole rings is 1. The molecule has 0 saturated carbocycles. The zero-order valence-corrected chi connectivity index (χ0v) is 19.7. The topological polar surface area (TPSA) is 111 Å². The molecule has 4 rings (SSSR count). The van der Waals surface area contributed by atoms with Crippen molar-refractivity contribution in [1.29, 1.82) is 0 Å². The molecule has 1 heterocycles. The summed E-state index contributed by atoms with van der Waals surface area (Å²) in [5.41, 5.74) is 8.86. The van der Waals surface area contributed by atoms with Crippen molar-refractivity contribution in [3.8, 4) is 23.0 Å². The van der Waals surface area contributed by atoms with Gasteiger partial charge in [0.05, 0.1) is 10.0 Å². The number of likely N-dealkylation sites (N-methyl/N-ethyl adjacent to an activating group) is 1. The summed E-state index contributed by atoms with van der Waals surface area (Å²) in [6.07, 6.45) is 0.205. The summed E-state index contributed by atoms with van der Waals surface area (Å²) < 4.78 is 12.0. The van der Waals surface area contributed by atoms with Crippen LogP contribution >= 0.6 is 35.6 Å². The van der Waals surface area contributed by atoms with Crippen molar-refractivity contribution in [2.45, 2.75) is 12.5 Å². The van der Waals surface area contributed by atoms with Crippen LogP contribution in [0.2, 0.25) is 10.0 Å². The lowest BCUT2D eigenvalue weighted by Gasteiger charge is -2.14. The van der Waals surface area contributed by atoms with Gasteiger partial charge in [-0.3, -0.25) is 4.79 Å². The standard InChI is InChI=1S/C23H19Cl2N3O4.ClH/c1-27-18(23(29)30)9-12-7-15(24)20(16(25)8-12)31-19-11-14(26)10-17-21(19)32-22(28-17)13-5-3-2-4-6-13;/h2-8,10-11,18,27H,9,26H2,1H3,(H,29,30);1H/t18-;/m0./s1. The van der Waals surface area contributed by atoms with Gasteiger partial charge in [-0.1, -0.05) is 41.4 Å². The minimum absolute atomic E-state index is 0. The van der Waals surface area contributed by atoms with Crippen molar-refractivity contribution in [1.82, 2.24) is 10.3 Å². The molecule has 1 aromatic heterocycles. The molecule has 0 amide bonds. The summed E-state index contributed by atoms with van der Waals surface area (Å²) in [5.74, 6) is -0.0278. The summed E-state index contributed by atoms with van der Waals surface area (Å²) >= 11 is 12.9. The largest absolute Gasteiger partial charge is 0.480 e. The Kier molecular flexibility index (Phi) is 7.71. The number of carboxylic acids is 1. The van der Waals surface area contributed by atoms with Gasteiger partial charge in [0.2, 0.25) is 5.89 Å². The van der Waals surface area contributed by atoms with Crippen LogP contribution < -0.4 is 15.8 Å². The highest BCUT2D eigenvalue weighted by atomic mass is 35.5. The molecule has 3 aromatic carbocycles. The molecule has 0 saturated heterocycles. The normalized spacial score (nSPS) is 11.7. The van der Waals surface area contributed by atoms with E-state index < -0.39 is 12.0 Å². The summed E-state index contributed by atoms with van der Waals surface area (Å²) in [5, 5.41) is 12.4. The lowest BCUT2D eigenvalue weighted by atomic mass is 10.1. The van der Waals surface area contributed by atoms with Crippen LogP contribution in [0.25, 0.3) is 22.6 Å². The number of benzene rings is 3. The molecule has 0 aliphatic heterocycles. The second-order valence-electron chi connectivity index (χ2n) is 7.13. The van der Waals surface area contributed by atoms with Gasteiger partial charge in [0.15, 0.2) is 17.1 Å². The van der Waals surface area contributed by atoms with E-state index >= 15 is 0 Å². The third kappa shape index (κ3) is 5.34. The number of nitrogens with two attached hydrogens (primary N) is 1. The van der Waals surface area contributed by atoms with Crippen LogP contribution in [0.15, 0.2) is 59.0 Å². The Balaban J connectivity index is 0.00000306. The van der Waals surface area contributed by atoms with E-state index in [1.807, 2.05) is 30.3 Å². The molecule has 10 heteroatoms. The Morgan fingerprint density at radius 3 is 2.45 bits per heavy atom. The Morgan fingerprint density at radius 2 is 1.85 bits per heavy atom. The molecule has 33 heavy (non-hydrogen) atoms. The number of hydrogen-bond donors (Lipinski definition) is 3. The van der Waals surface area contributed by atoms with Gasteiger partial charge in [0.1, 0.15) is 11.6 Å². The lowest BCUT2D eigenvalue weighted by Crippen LogP contribution is -2.35. The van der Waals surface area contributed by atoms with Crippen molar-refractivity contribution in [3.63, 3.8) is 0 Å². The van der Waals surface area contributed by atoms with E-state index in [-0.39, 0.29) is 34.6 Å². The fourth-order valence-corrected chi connectivity index (χ4v) is 3.90. The average Bonchev–Trinajstić information content (AvgIpc) is 3.19. The van der Waals surface area contributed by atoms with Gasteiger partial charge in [-0.15, -0.1) is 12.4 Å². The number of nitrogens with one attached hydrogen (secondary N) is 1. The molecule has 0 spiro atoms. The number of fused-ring (bicyclic) bond motifs is 1. The van der Waals surface area contributed by atoms with Gasteiger partial charge in [0, 0.05) is 17.3 Å². The molecule has 0 radical (unpaired) electrons. The van der Waals surface area contributed by atoms with Crippen molar-refractivity contribution in [2.24, 2.45) is 0 Å². The molecule has 0 aliphatic carbocycles. The SMILES string of the molecule is CN[C@@H](Cc1cc(Cl)c(Oc2cc(N)cc3nc(-c4ccccc4)oc23)c(Cl)c1)C(=O)O.Cl. The van der Waals surface area contributed by atoms with Crippen LogP contribution in [0.5, 0.6) is 11.5 Å². The quantitative estimate of drug-likeness (QED) is 0.270. The summed E-state index contributed by atoms with van der Waals surface area (Å²) in [6, 6.07) is 15.2. The van der Waals surface area contributed by atoms with Gasteiger partial charge in [-0.05, 0) is 49.4 Å². The van der Waals surface area contributed by atoms with Crippen molar-refractivity contribution in [2.75, 3.05) is 12.8 Å². The van der Waals surface area contributed by atoms with Crippen LogP contribution in [0, 0.1) is 0 Å². The first-order valence-corrected chi connectivity index (χ1v) is 10.4.